The van der Waals surface area contributed by atoms with E-state index in [4.69, 9.17) is 16.3 Å². The molecule has 1 aliphatic rings. The third-order valence-electron chi connectivity index (χ3n) is 5.36. The van der Waals surface area contributed by atoms with Gasteiger partial charge in [-0.1, -0.05) is 29.8 Å². The number of pyridine rings is 1. The average Bonchev–Trinajstić information content (AvgIpc) is 2.84. The molecule has 2 N–H and O–H groups in total. The molecule has 2 aromatic carbocycles. The van der Waals surface area contributed by atoms with Crippen LogP contribution in [0.2, 0.25) is 5.02 Å². The minimum atomic E-state index is -0.226. The van der Waals surface area contributed by atoms with Crippen molar-refractivity contribution in [1.82, 2.24) is 15.2 Å². The molecule has 0 saturated carbocycles. The summed E-state index contributed by atoms with van der Waals surface area (Å²) in [5.41, 5.74) is 1.82. The number of anilines is 1. The van der Waals surface area contributed by atoms with E-state index in [1.54, 1.807) is 47.5 Å². The van der Waals surface area contributed by atoms with Crippen LogP contribution in [0.25, 0.3) is 0 Å². The summed E-state index contributed by atoms with van der Waals surface area (Å²) in [5, 5.41) is 6.37. The number of rotatable bonds is 6. The van der Waals surface area contributed by atoms with E-state index in [9.17, 15) is 9.59 Å². The molecule has 3 aromatic rings. The maximum atomic E-state index is 12.7. The van der Waals surface area contributed by atoms with E-state index in [2.05, 4.69) is 15.6 Å². The van der Waals surface area contributed by atoms with Crippen molar-refractivity contribution in [2.75, 3.05) is 18.4 Å². The number of amides is 3. The first-order valence-corrected chi connectivity index (χ1v) is 11.2. The number of piperidine rings is 1. The molecule has 33 heavy (non-hydrogen) atoms. The van der Waals surface area contributed by atoms with Crippen molar-refractivity contribution >= 4 is 29.2 Å². The summed E-state index contributed by atoms with van der Waals surface area (Å²) in [6.45, 7) is 1.51. The highest BCUT2D eigenvalue weighted by Crippen LogP contribution is 2.22. The standard InChI is InChI=1S/C25H25ClN4O3/c26-19-6-4-9-23(16-19)33-22-10-13-30(14-11-22)25(32)29-20-8-3-5-18(15-20)24(31)28-17-21-7-1-2-12-27-21/h1-9,12,15-16,22H,10-11,13-14,17H2,(H,28,31)(H,29,32). The Morgan fingerprint density at radius 1 is 1.03 bits per heavy atom. The number of halogens is 1. The molecule has 0 spiro atoms. The van der Waals surface area contributed by atoms with Gasteiger partial charge < -0.3 is 20.3 Å². The zero-order chi connectivity index (χ0) is 23.0. The molecule has 1 fully saturated rings. The molecule has 0 bridgehead atoms. The zero-order valence-corrected chi connectivity index (χ0v) is 18.8. The zero-order valence-electron chi connectivity index (χ0n) is 18.0. The highest BCUT2D eigenvalue weighted by Gasteiger charge is 2.24. The van der Waals surface area contributed by atoms with Gasteiger partial charge in [0.2, 0.25) is 0 Å². The van der Waals surface area contributed by atoms with Crippen molar-refractivity contribution in [1.29, 1.82) is 0 Å². The summed E-state index contributed by atoms with van der Waals surface area (Å²) in [6.07, 6.45) is 3.19. The third-order valence-corrected chi connectivity index (χ3v) is 5.60. The molecule has 4 rings (SSSR count). The van der Waals surface area contributed by atoms with Gasteiger partial charge in [0, 0.05) is 48.4 Å². The van der Waals surface area contributed by atoms with Gasteiger partial charge in [-0.3, -0.25) is 9.78 Å². The highest BCUT2D eigenvalue weighted by atomic mass is 35.5. The second-order valence-electron chi connectivity index (χ2n) is 7.78. The number of benzene rings is 2. The Morgan fingerprint density at radius 3 is 2.61 bits per heavy atom. The molecule has 1 aliphatic heterocycles. The van der Waals surface area contributed by atoms with Crippen molar-refractivity contribution in [2.45, 2.75) is 25.5 Å². The lowest BCUT2D eigenvalue weighted by molar-refractivity contribution is 0.0950. The number of likely N-dealkylation sites (tertiary alicyclic amines) is 1. The van der Waals surface area contributed by atoms with Gasteiger partial charge in [0.25, 0.3) is 5.91 Å². The molecule has 0 radical (unpaired) electrons. The first-order valence-electron chi connectivity index (χ1n) is 10.8. The van der Waals surface area contributed by atoms with Gasteiger partial charge in [0.05, 0.1) is 12.2 Å². The summed E-state index contributed by atoms with van der Waals surface area (Å²) >= 11 is 6.01. The Kier molecular flexibility index (Phi) is 7.42. The molecule has 170 valence electrons. The van der Waals surface area contributed by atoms with Crippen molar-refractivity contribution < 1.29 is 14.3 Å². The third kappa shape index (κ3) is 6.46. The van der Waals surface area contributed by atoms with Crippen molar-refractivity contribution in [3.63, 3.8) is 0 Å². The fourth-order valence-corrected chi connectivity index (χ4v) is 3.81. The summed E-state index contributed by atoms with van der Waals surface area (Å²) in [7, 11) is 0. The van der Waals surface area contributed by atoms with Crippen LogP contribution in [-0.2, 0) is 6.54 Å². The van der Waals surface area contributed by atoms with Crippen LogP contribution in [0.1, 0.15) is 28.9 Å². The van der Waals surface area contributed by atoms with Crippen LogP contribution in [0.3, 0.4) is 0 Å². The quantitative estimate of drug-likeness (QED) is 0.552. The van der Waals surface area contributed by atoms with E-state index in [1.807, 2.05) is 30.3 Å². The maximum absolute atomic E-state index is 12.7. The lowest BCUT2D eigenvalue weighted by atomic mass is 10.1. The average molecular weight is 465 g/mol. The molecule has 0 atom stereocenters. The summed E-state index contributed by atoms with van der Waals surface area (Å²) in [6, 6.07) is 19.6. The predicted molar refractivity (Wildman–Crippen MR) is 128 cm³/mol. The van der Waals surface area contributed by atoms with Gasteiger partial charge >= 0.3 is 6.03 Å². The molecule has 0 aliphatic carbocycles. The van der Waals surface area contributed by atoms with Gasteiger partial charge in [-0.25, -0.2) is 4.79 Å². The van der Waals surface area contributed by atoms with Crippen molar-refractivity contribution in [2.24, 2.45) is 0 Å². The molecular formula is C25H25ClN4O3. The number of hydrogen-bond acceptors (Lipinski definition) is 4. The SMILES string of the molecule is O=C(NCc1ccccn1)c1cccc(NC(=O)N2CCC(Oc3cccc(Cl)c3)CC2)c1. The van der Waals surface area contributed by atoms with E-state index in [0.717, 1.165) is 24.3 Å². The Balaban J connectivity index is 1.27. The Labute approximate surface area is 197 Å². The van der Waals surface area contributed by atoms with Crippen molar-refractivity contribution in [3.05, 3.63) is 89.2 Å². The van der Waals surface area contributed by atoms with E-state index in [1.165, 1.54) is 0 Å². The number of urea groups is 1. The minimum Gasteiger partial charge on any atom is -0.490 e. The summed E-state index contributed by atoms with van der Waals surface area (Å²) in [4.78, 5) is 31.1. The van der Waals surface area contributed by atoms with Crippen LogP contribution in [0.15, 0.2) is 72.9 Å². The van der Waals surface area contributed by atoms with Gasteiger partial charge in [0.15, 0.2) is 0 Å². The molecule has 1 aromatic heterocycles. The summed E-state index contributed by atoms with van der Waals surface area (Å²) < 4.78 is 5.99. The predicted octanol–water partition coefficient (Wildman–Crippen LogP) is 4.74. The largest absolute Gasteiger partial charge is 0.490 e. The second kappa shape index (κ2) is 10.8. The van der Waals surface area contributed by atoms with Gasteiger partial charge in [-0.05, 0) is 48.5 Å². The van der Waals surface area contributed by atoms with Crippen molar-refractivity contribution in [3.8, 4) is 5.75 Å². The molecule has 2 heterocycles. The molecule has 3 amide bonds. The lowest BCUT2D eigenvalue weighted by Crippen LogP contribution is -2.43. The monoisotopic (exact) mass is 464 g/mol. The number of aromatic nitrogens is 1. The van der Waals surface area contributed by atoms with E-state index >= 15 is 0 Å². The van der Waals surface area contributed by atoms with E-state index in [0.29, 0.717) is 35.9 Å². The fourth-order valence-electron chi connectivity index (χ4n) is 3.63. The highest BCUT2D eigenvalue weighted by molar-refractivity contribution is 6.30. The number of nitrogens with zero attached hydrogens (tertiary/aromatic N) is 2. The van der Waals surface area contributed by atoms with Gasteiger partial charge in [-0.2, -0.15) is 0 Å². The lowest BCUT2D eigenvalue weighted by Gasteiger charge is -2.32. The van der Waals surface area contributed by atoms with E-state index < -0.39 is 0 Å². The minimum absolute atomic E-state index is 0.0404. The number of ether oxygens (including phenoxy) is 1. The Hall–Kier alpha value is -3.58. The number of hydrogen-bond donors (Lipinski definition) is 2. The molecule has 8 heteroatoms. The Bertz CT molecular complexity index is 1100. The molecular weight excluding hydrogens is 440 g/mol. The summed E-state index contributed by atoms with van der Waals surface area (Å²) in [5.74, 6) is 0.513. The number of carbonyl (C=O) groups excluding carboxylic acids is 2. The van der Waals surface area contributed by atoms with Gasteiger partial charge in [0.1, 0.15) is 11.9 Å². The first kappa shape index (κ1) is 22.6. The molecule has 0 unspecified atom stereocenters. The maximum Gasteiger partial charge on any atom is 0.321 e. The smallest absolute Gasteiger partial charge is 0.321 e. The second-order valence-corrected chi connectivity index (χ2v) is 8.21. The van der Waals surface area contributed by atoms with Crippen LogP contribution in [-0.4, -0.2) is 41.0 Å². The van der Waals surface area contributed by atoms with Crippen LogP contribution in [0.5, 0.6) is 5.75 Å². The van der Waals surface area contributed by atoms with Gasteiger partial charge in [-0.15, -0.1) is 0 Å². The van der Waals surface area contributed by atoms with Crippen LogP contribution in [0, 0.1) is 0 Å². The molecule has 7 nitrogen and oxygen atoms in total. The number of nitrogens with one attached hydrogen (secondary N) is 2. The number of carbonyl (C=O) groups is 2. The van der Waals surface area contributed by atoms with Crippen LogP contribution >= 0.6 is 11.6 Å². The molecule has 1 saturated heterocycles. The fraction of sp³-hybridized carbons (Fsp3) is 0.240. The topological polar surface area (TPSA) is 83.6 Å². The Morgan fingerprint density at radius 2 is 1.85 bits per heavy atom. The van der Waals surface area contributed by atoms with E-state index in [-0.39, 0.29) is 18.0 Å². The van der Waals surface area contributed by atoms with Crippen LogP contribution in [0.4, 0.5) is 10.5 Å². The normalized spacial score (nSPS) is 13.9. The first-order chi connectivity index (χ1) is 16.1. The van der Waals surface area contributed by atoms with Crippen LogP contribution < -0.4 is 15.4 Å².